The predicted molar refractivity (Wildman–Crippen MR) is 163 cm³/mol. The second-order valence-corrected chi connectivity index (χ2v) is 13.9. The number of carbonyl (C=O) groups is 4. The number of amides is 4. The summed E-state index contributed by atoms with van der Waals surface area (Å²) in [4.78, 5) is 54.9. The van der Waals surface area contributed by atoms with Crippen LogP contribution < -0.4 is 24.8 Å². The van der Waals surface area contributed by atoms with Crippen LogP contribution >= 0.6 is 0 Å². The van der Waals surface area contributed by atoms with Crippen molar-refractivity contribution in [1.82, 2.24) is 20.3 Å². The van der Waals surface area contributed by atoms with Gasteiger partial charge in [-0.25, -0.2) is 9.52 Å². The number of hydrogen-bond acceptors (Lipinski definition) is 8. The quantitative estimate of drug-likeness (QED) is 0.346. The summed E-state index contributed by atoms with van der Waals surface area (Å²) in [5, 5.41) is 5.50. The van der Waals surface area contributed by atoms with Gasteiger partial charge in [0.2, 0.25) is 11.8 Å². The topological polar surface area (TPSA) is 172 Å². The molecule has 14 heteroatoms. The van der Waals surface area contributed by atoms with Crippen LogP contribution in [0.3, 0.4) is 0 Å². The molecule has 1 aliphatic carbocycles. The number of nitrogens with one attached hydrogen (secondary N) is 4. The van der Waals surface area contributed by atoms with Crippen molar-refractivity contribution in [2.45, 2.75) is 95.4 Å². The predicted octanol–water partition coefficient (Wildman–Crippen LogP) is 2.75. The molecule has 4 rings (SSSR count). The largest absolute Gasteiger partial charge is 0.497 e. The Kier molecular flexibility index (Phi) is 10.1. The van der Waals surface area contributed by atoms with Gasteiger partial charge in [-0.2, -0.15) is 8.42 Å². The second kappa shape index (κ2) is 13.4. The van der Waals surface area contributed by atoms with Crippen molar-refractivity contribution in [3.63, 3.8) is 0 Å². The van der Waals surface area contributed by atoms with Crippen LogP contribution in [0.5, 0.6) is 5.75 Å². The Bertz CT molecular complexity index is 1370. The van der Waals surface area contributed by atoms with Gasteiger partial charge in [0.25, 0.3) is 5.91 Å². The van der Waals surface area contributed by atoms with E-state index in [9.17, 15) is 27.6 Å². The summed E-state index contributed by atoms with van der Waals surface area (Å²) in [6, 6.07) is 4.38. The maximum Gasteiger partial charge on any atom is 0.408 e. The maximum atomic E-state index is 13.7. The van der Waals surface area contributed by atoms with E-state index in [0.717, 1.165) is 12.8 Å². The highest BCUT2D eigenvalue weighted by Crippen LogP contribution is 2.45. The van der Waals surface area contributed by atoms with Crippen molar-refractivity contribution in [1.29, 1.82) is 0 Å². The molecule has 2 fully saturated rings. The number of rotatable bonds is 6. The van der Waals surface area contributed by atoms with Gasteiger partial charge in [-0.3, -0.25) is 19.1 Å². The fraction of sp³-hybridized carbons (Fsp3) is 0.600. The highest BCUT2D eigenvalue weighted by atomic mass is 32.2. The van der Waals surface area contributed by atoms with Gasteiger partial charge in [0, 0.05) is 12.5 Å². The molecule has 0 bridgehead atoms. The number of ether oxygens (including phenoxy) is 2. The fourth-order valence-electron chi connectivity index (χ4n) is 5.60. The molecule has 4 atom stereocenters. The van der Waals surface area contributed by atoms with Gasteiger partial charge in [-0.05, 0) is 83.6 Å². The first-order chi connectivity index (χ1) is 20.7. The van der Waals surface area contributed by atoms with Crippen molar-refractivity contribution < 1.29 is 37.1 Å². The lowest BCUT2D eigenvalue weighted by atomic mass is 10.0. The summed E-state index contributed by atoms with van der Waals surface area (Å²) in [5.74, 6) is -1.69. The van der Waals surface area contributed by atoms with Crippen LogP contribution in [0, 0.1) is 5.92 Å². The van der Waals surface area contributed by atoms with Gasteiger partial charge in [0.15, 0.2) is 0 Å². The number of allylic oxidation sites excluding steroid dienone is 1. The Morgan fingerprint density at radius 3 is 2.45 bits per heavy atom. The standard InChI is InChI=1S/C30H43N5O8S/c1-29(2,3)43-28(39)31-23-12-9-7-5-6-8-11-20-19-30(20,32-25(36)24-13-10-18-35(24)26(23)37)27(38)34-44(40,41)33-21-14-16-22(42-4)17-15-21/h8,11,14-17,20,23-24,33H,5-7,9-10,12-13,18-19H2,1-4H3,(H,31,39)(H,32,36)(H,34,38)/b11-8-/t20-,23+,24+,30-/m1/s1. The van der Waals surface area contributed by atoms with Crippen molar-refractivity contribution in [2.24, 2.45) is 5.92 Å². The Morgan fingerprint density at radius 2 is 1.77 bits per heavy atom. The Labute approximate surface area is 258 Å². The van der Waals surface area contributed by atoms with Crippen LogP contribution in [-0.4, -0.2) is 74.0 Å². The summed E-state index contributed by atoms with van der Waals surface area (Å²) in [6.45, 7) is 5.51. The molecular formula is C30H43N5O8S. The lowest BCUT2D eigenvalue weighted by Crippen LogP contribution is -2.58. The molecule has 242 valence electrons. The molecule has 4 N–H and O–H groups in total. The van der Waals surface area contributed by atoms with E-state index in [0.29, 0.717) is 44.4 Å². The number of alkyl carbamates (subject to hydrolysis) is 1. The van der Waals surface area contributed by atoms with Gasteiger partial charge in [-0.1, -0.05) is 25.0 Å². The smallest absolute Gasteiger partial charge is 0.408 e. The first-order valence-corrected chi connectivity index (χ1v) is 16.5. The van der Waals surface area contributed by atoms with Crippen molar-refractivity contribution in [3.05, 3.63) is 36.4 Å². The SMILES string of the molecule is COc1ccc(NS(=O)(=O)NC(=O)[C@@]23C[C@H]2/C=C\CCCCC[C@H](NC(=O)OC(C)(C)C)C(=O)N2CCC[C@H]2C(=O)N3)cc1. The average Bonchev–Trinajstić information content (AvgIpc) is 3.40. The molecular weight excluding hydrogens is 590 g/mol. The summed E-state index contributed by atoms with van der Waals surface area (Å²) in [7, 11) is -2.85. The Balaban J connectivity index is 1.52. The van der Waals surface area contributed by atoms with Crippen LogP contribution in [0.4, 0.5) is 10.5 Å². The van der Waals surface area contributed by atoms with Gasteiger partial charge < -0.3 is 25.0 Å². The third-order valence-corrected chi connectivity index (χ3v) is 8.85. The number of carbonyl (C=O) groups excluding carboxylic acids is 4. The van der Waals surface area contributed by atoms with Gasteiger partial charge >= 0.3 is 16.3 Å². The monoisotopic (exact) mass is 633 g/mol. The third kappa shape index (κ3) is 8.42. The molecule has 1 aromatic carbocycles. The second-order valence-electron chi connectivity index (χ2n) is 12.5. The normalized spacial score (nSPS) is 26.9. The van der Waals surface area contributed by atoms with E-state index in [1.165, 1.54) is 24.1 Å². The van der Waals surface area contributed by atoms with E-state index < -0.39 is 63.2 Å². The molecule has 2 heterocycles. The molecule has 2 aliphatic heterocycles. The fourth-order valence-corrected chi connectivity index (χ4v) is 6.52. The van der Waals surface area contributed by atoms with Crippen molar-refractivity contribution in [3.8, 4) is 5.75 Å². The number of fused-ring (bicyclic) bond motifs is 2. The van der Waals surface area contributed by atoms with Crippen LogP contribution in [0.1, 0.15) is 72.1 Å². The highest BCUT2D eigenvalue weighted by molar-refractivity contribution is 7.91. The minimum absolute atomic E-state index is 0.211. The van der Waals surface area contributed by atoms with Gasteiger partial charge in [0.05, 0.1) is 12.8 Å². The zero-order valence-electron chi connectivity index (χ0n) is 25.7. The van der Waals surface area contributed by atoms with E-state index >= 15 is 0 Å². The van der Waals surface area contributed by atoms with Crippen LogP contribution in [0.15, 0.2) is 36.4 Å². The van der Waals surface area contributed by atoms with Crippen molar-refractivity contribution in [2.75, 3.05) is 18.4 Å². The van der Waals surface area contributed by atoms with Crippen LogP contribution in [-0.2, 0) is 29.3 Å². The number of methoxy groups -OCH3 is 1. The molecule has 0 aromatic heterocycles. The third-order valence-electron chi connectivity index (χ3n) is 7.90. The molecule has 1 aromatic rings. The minimum Gasteiger partial charge on any atom is -0.497 e. The number of hydrogen-bond donors (Lipinski definition) is 4. The lowest BCUT2D eigenvalue weighted by Gasteiger charge is -2.30. The Morgan fingerprint density at radius 1 is 1.05 bits per heavy atom. The Hall–Kier alpha value is -3.81. The molecule has 13 nitrogen and oxygen atoms in total. The van der Waals surface area contributed by atoms with Crippen LogP contribution in [0.2, 0.25) is 0 Å². The van der Waals surface area contributed by atoms with E-state index in [4.69, 9.17) is 9.47 Å². The van der Waals surface area contributed by atoms with Gasteiger partial charge in [0.1, 0.15) is 29.0 Å². The molecule has 3 aliphatic rings. The summed E-state index contributed by atoms with van der Waals surface area (Å²) in [6.07, 6.45) is 7.59. The molecule has 0 radical (unpaired) electrons. The zero-order valence-corrected chi connectivity index (χ0v) is 26.5. The van der Waals surface area contributed by atoms with Crippen LogP contribution in [0.25, 0.3) is 0 Å². The molecule has 0 spiro atoms. The van der Waals surface area contributed by atoms with E-state index in [2.05, 4.69) is 20.1 Å². The van der Waals surface area contributed by atoms with Crippen molar-refractivity contribution >= 4 is 39.7 Å². The maximum absolute atomic E-state index is 13.7. The van der Waals surface area contributed by atoms with E-state index in [1.807, 2.05) is 12.2 Å². The van der Waals surface area contributed by atoms with Gasteiger partial charge in [-0.15, -0.1) is 0 Å². The number of nitrogens with zero attached hydrogens (tertiary/aromatic N) is 1. The molecule has 44 heavy (non-hydrogen) atoms. The molecule has 0 unspecified atom stereocenters. The summed E-state index contributed by atoms with van der Waals surface area (Å²) >= 11 is 0. The first kappa shape index (κ1) is 33.1. The highest BCUT2D eigenvalue weighted by Gasteiger charge is 2.61. The van der Waals surface area contributed by atoms with E-state index in [1.54, 1.807) is 32.9 Å². The van der Waals surface area contributed by atoms with E-state index in [-0.39, 0.29) is 12.1 Å². The lowest BCUT2D eigenvalue weighted by molar-refractivity contribution is -0.141. The summed E-state index contributed by atoms with van der Waals surface area (Å²) < 4.78 is 40.6. The average molecular weight is 634 g/mol. The molecule has 1 saturated heterocycles. The molecule has 1 saturated carbocycles. The summed E-state index contributed by atoms with van der Waals surface area (Å²) in [5.41, 5.74) is -2.02. The number of benzene rings is 1. The zero-order chi connectivity index (χ0) is 32.1. The first-order valence-electron chi connectivity index (χ1n) is 15.0. The molecule has 4 amide bonds. The number of anilines is 1. The minimum atomic E-state index is -4.34.